The lowest BCUT2D eigenvalue weighted by Gasteiger charge is -2.35. The Balaban J connectivity index is 0.00000288. The first kappa shape index (κ1) is 20.9. The molecule has 1 unspecified atom stereocenters. The van der Waals surface area contributed by atoms with Crippen LogP contribution in [-0.2, 0) is 4.79 Å². The maximum Gasteiger partial charge on any atom is 0.254 e. The molecule has 1 heterocycles. The molecule has 1 aliphatic heterocycles. The van der Waals surface area contributed by atoms with E-state index in [1.807, 2.05) is 6.92 Å². The number of amides is 2. The second-order valence-corrected chi connectivity index (χ2v) is 6.64. The van der Waals surface area contributed by atoms with Gasteiger partial charge >= 0.3 is 0 Å². The lowest BCUT2D eigenvalue weighted by Crippen LogP contribution is -2.54. The van der Waals surface area contributed by atoms with Crippen LogP contribution in [0.4, 0.5) is 4.39 Å². The maximum absolute atomic E-state index is 13.7. The van der Waals surface area contributed by atoms with Gasteiger partial charge in [0.15, 0.2) is 0 Å². The van der Waals surface area contributed by atoms with Crippen LogP contribution in [0.1, 0.15) is 36.5 Å². The van der Waals surface area contributed by atoms with E-state index in [1.165, 1.54) is 17.0 Å². The second kappa shape index (κ2) is 9.34. The Hall–Kier alpha value is -1.18. The molecule has 1 aromatic rings. The Kier molecular flexibility index (Phi) is 8.12. The number of nitrogens with one attached hydrogen (secondary N) is 1. The van der Waals surface area contributed by atoms with Gasteiger partial charge in [-0.05, 0) is 60.3 Å². The standard InChI is InChI=1S/C16H21BrFN3O2.ClH/c1-10(9-19)20-15(22)14-4-2-3-7-21(14)16(23)11-5-6-12(17)13(18)8-11;/h5-6,8,10,14H,2-4,7,9,19H2,1H3,(H,20,22);1H/t10-,14?;/m0./s1. The fraction of sp³-hybridized carbons (Fsp3) is 0.500. The monoisotopic (exact) mass is 421 g/mol. The zero-order chi connectivity index (χ0) is 17.0. The summed E-state index contributed by atoms with van der Waals surface area (Å²) in [5.41, 5.74) is 5.77. The van der Waals surface area contributed by atoms with Crippen molar-refractivity contribution < 1.29 is 14.0 Å². The summed E-state index contributed by atoms with van der Waals surface area (Å²) in [6.45, 7) is 2.65. The number of likely N-dealkylation sites (tertiary alicyclic amines) is 1. The third kappa shape index (κ3) is 4.91. The molecule has 0 aromatic heterocycles. The number of nitrogens with zero attached hydrogens (tertiary/aromatic N) is 1. The van der Waals surface area contributed by atoms with Crippen LogP contribution >= 0.6 is 28.3 Å². The quantitative estimate of drug-likeness (QED) is 0.783. The maximum atomic E-state index is 13.7. The van der Waals surface area contributed by atoms with Crippen molar-refractivity contribution in [2.45, 2.75) is 38.3 Å². The van der Waals surface area contributed by atoms with Crippen LogP contribution < -0.4 is 11.1 Å². The van der Waals surface area contributed by atoms with Crippen molar-refractivity contribution in [3.8, 4) is 0 Å². The van der Waals surface area contributed by atoms with Crippen LogP contribution in [0.3, 0.4) is 0 Å². The Labute approximate surface area is 155 Å². The molecule has 8 heteroatoms. The van der Waals surface area contributed by atoms with E-state index in [9.17, 15) is 14.0 Å². The van der Waals surface area contributed by atoms with E-state index in [-0.39, 0.29) is 35.8 Å². The van der Waals surface area contributed by atoms with Crippen molar-refractivity contribution >= 4 is 40.2 Å². The molecule has 0 spiro atoms. The smallest absolute Gasteiger partial charge is 0.254 e. The van der Waals surface area contributed by atoms with E-state index >= 15 is 0 Å². The molecular formula is C16H22BrClFN3O2. The minimum Gasteiger partial charge on any atom is -0.351 e. The highest BCUT2D eigenvalue weighted by molar-refractivity contribution is 9.10. The van der Waals surface area contributed by atoms with Gasteiger partial charge in [0.1, 0.15) is 11.9 Å². The SMILES string of the molecule is C[C@@H](CN)NC(=O)C1CCCCN1C(=O)c1ccc(Br)c(F)c1.Cl. The summed E-state index contributed by atoms with van der Waals surface area (Å²) >= 11 is 3.07. The average Bonchev–Trinajstić information content (AvgIpc) is 2.56. The van der Waals surface area contributed by atoms with Crippen LogP contribution in [0.25, 0.3) is 0 Å². The highest BCUT2D eigenvalue weighted by Crippen LogP contribution is 2.22. The number of rotatable bonds is 4. The Morgan fingerprint density at radius 2 is 2.17 bits per heavy atom. The van der Waals surface area contributed by atoms with Crippen molar-refractivity contribution in [2.75, 3.05) is 13.1 Å². The number of nitrogens with two attached hydrogens (primary N) is 1. The molecule has 0 bridgehead atoms. The van der Waals surface area contributed by atoms with Gasteiger partial charge < -0.3 is 16.0 Å². The van der Waals surface area contributed by atoms with Crippen molar-refractivity contribution in [1.29, 1.82) is 0 Å². The van der Waals surface area contributed by atoms with E-state index in [1.54, 1.807) is 6.07 Å². The van der Waals surface area contributed by atoms with E-state index < -0.39 is 11.9 Å². The van der Waals surface area contributed by atoms with Gasteiger partial charge in [0.05, 0.1) is 4.47 Å². The topological polar surface area (TPSA) is 75.4 Å². The predicted molar refractivity (Wildman–Crippen MR) is 96.7 cm³/mol. The molecule has 1 fully saturated rings. The average molecular weight is 423 g/mol. The van der Waals surface area contributed by atoms with Crippen molar-refractivity contribution in [1.82, 2.24) is 10.2 Å². The second-order valence-electron chi connectivity index (χ2n) is 5.78. The molecule has 3 N–H and O–H groups in total. The summed E-state index contributed by atoms with van der Waals surface area (Å²) in [6.07, 6.45) is 2.32. The number of hydrogen-bond acceptors (Lipinski definition) is 3. The summed E-state index contributed by atoms with van der Waals surface area (Å²) in [6, 6.07) is 3.57. The summed E-state index contributed by atoms with van der Waals surface area (Å²) in [5.74, 6) is -1.02. The molecule has 24 heavy (non-hydrogen) atoms. The number of hydrogen-bond donors (Lipinski definition) is 2. The third-order valence-electron chi connectivity index (χ3n) is 3.98. The predicted octanol–water partition coefficient (Wildman–Crippen LogP) is 2.47. The van der Waals surface area contributed by atoms with Crippen molar-refractivity contribution in [2.24, 2.45) is 5.73 Å². The molecule has 5 nitrogen and oxygen atoms in total. The van der Waals surface area contributed by atoms with Gasteiger partial charge in [-0.1, -0.05) is 0 Å². The molecule has 0 aliphatic carbocycles. The first-order chi connectivity index (χ1) is 10.9. The van der Waals surface area contributed by atoms with Gasteiger partial charge in [-0.3, -0.25) is 9.59 Å². The van der Waals surface area contributed by atoms with E-state index in [0.29, 0.717) is 24.0 Å². The number of carbonyl (C=O) groups is 2. The molecule has 1 saturated heterocycles. The molecule has 2 rings (SSSR count). The van der Waals surface area contributed by atoms with Crippen LogP contribution in [0.5, 0.6) is 0 Å². The molecule has 1 aromatic carbocycles. The highest BCUT2D eigenvalue weighted by Gasteiger charge is 2.33. The third-order valence-corrected chi connectivity index (χ3v) is 4.62. The van der Waals surface area contributed by atoms with E-state index in [0.717, 1.165) is 12.8 Å². The van der Waals surface area contributed by atoms with E-state index in [4.69, 9.17) is 5.73 Å². The van der Waals surface area contributed by atoms with E-state index in [2.05, 4.69) is 21.2 Å². The molecule has 2 atom stereocenters. The van der Waals surface area contributed by atoms with Gasteiger partial charge in [0.2, 0.25) is 5.91 Å². The molecule has 2 amide bonds. The summed E-state index contributed by atoms with van der Waals surface area (Å²) in [4.78, 5) is 26.6. The normalized spacial score (nSPS) is 18.5. The van der Waals surface area contributed by atoms with Crippen molar-refractivity contribution in [3.05, 3.63) is 34.1 Å². The number of carbonyl (C=O) groups excluding carboxylic acids is 2. The van der Waals surface area contributed by atoms with Crippen molar-refractivity contribution in [3.63, 3.8) is 0 Å². The Bertz CT molecular complexity index is 603. The molecule has 0 saturated carbocycles. The minimum absolute atomic E-state index is 0. The highest BCUT2D eigenvalue weighted by atomic mass is 79.9. The van der Waals surface area contributed by atoms with Gasteiger partial charge in [0, 0.05) is 24.7 Å². The van der Waals surface area contributed by atoms with Crippen LogP contribution in [0.2, 0.25) is 0 Å². The van der Waals surface area contributed by atoms with Gasteiger partial charge in [-0.15, -0.1) is 12.4 Å². The van der Waals surface area contributed by atoms with Crippen LogP contribution in [-0.4, -0.2) is 41.9 Å². The van der Waals surface area contributed by atoms with Crippen LogP contribution in [0.15, 0.2) is 22.7 Å². The lowest BCUT2D eigenvalue weighted by atomic mass is 9.99. The molecule has 1 aliphatic rings. The van der Waals surface area contributed by atoms with Gasteiger partial charge in [0.25, 0.3) is 5.91 Å². The number of piperidine rings is 1. The zero-order valence-electron chi connectivity index (χ0n) is 13.4. The lowest BCUT2D eigenvalue weighted by molar-refractivity contribution is -0.127. The first-order valence-electron chi connectivity index (χ1n) is 7.70. The van der Waals surface area contributed by atoms with Gasteiger partial charge in [-0.2, -0.15) is 0 Å². The molecule has 134 valence electrons. The summed E-state index contributed by atoms with van der Waals surface area (Å²) in [7, 11) is 0. The van der Waals surface area contributed by atoms with Crippen LogP contribution in [0, 0.1) is 5.82 Å². The Morgan fingerprint density at radius 3 is 2.79 bits per heavy atom. The Morgan fingerprint density at radius 1 is 1.46 bits per heavy atom. The summed E-state index contributed by atoms with van der Waals surface area (Å²) < 4.78 is 14.0. The molecular weight excluding hydrogens is 401 g/mol. The number of benzene rings is 1. The number of halogens is 3. The van der Waals surface area contributed by atoms with Gasteiger partial charge in [-0.25, -0.2) is 4.39 Å². The minimum atomic E-state index is -0.531. The fourth-order valence-electron chi connectivity index (χ4n) is 2.64. The first-order valence-corrected chi connectivity index (χ1v) is 8.49. The largest absolute Gasteiger partial charge is 0.351 e. The summed E-state index contributed by atoms with van der Waals surface area (Å²) in [5, 5.41) is 2.82. The molecule has 0 radical (unpaired) electrons. The zero-order valence-corrected chi connectivity index (χ0v) is 15.8. The fourth-order valence-corrected chi connectivity index (χ4v) is 2.89.